The second-order valence-corrected chi connectivity index (χ2v) is 10.5. The van der Waals surface area contributed by atoms with Gasteiger partial charge < -0.3 is 0 Å². The van der Waals surface area contributed by atoms with Gasteiger partial charge in [-0.2, -0.15) is 48.5 Å². The molecule has 4 atom stereocenters. The van der Waals surface area contributed by atoms with Crippen LogP contribution in [0, 0.1) is 24.0 Å². The molecule has 4 aromatic carbocycles. The monoisotopic (exact) mass is 552 g/mol. The average Bonchev–Trinajstić information content (AvgIpc) is 3.74. The molecule has 4 unspecified atom stereocenters. The van der Waals surface area contributed by atoms with Crippen LogP contribution in [0.3, 0.4) is 0 Å². The van der Waals surface area contributed by atoms with Crippen molar-refractivity contribution in [2.45, 2.75) is 37.5 Å². The van der Waals surface area contributed by atoms with Gasteiger partial charge in [0.1, 0.15) is 0 Å². The maximum Gasteiger partial charge on any atom is 2.00 e. The van der Waals surface area contributed by atoms with Crippen LogP contribution in [0.1, 0.15) is 59.8 Å². The zero-order valence-corrected chi connectivity index (χ0v) is 23.5. The van der Waals surface area contributed by atoms with Gasteiger partial charge in [0.25, 0.3) is 0 Å². The second-order valence-electron chi connectivity index (χ2n) is 10.5. The predicted octanol–water partition coefficient (Wildman–Crippen LogP) is 9.13. The van der Waals surface area contributed by atoms with Crippen molar-refractivity contribution in [3.05, 3.63) is 144 Å². The molecule has 4 aliphatic rings. The molecule has 0 saturated heterocycles. The van der Waals surface area contributed by atoms with E-state index in [1.807, 2.05) is 0 Å². The third-order valence-corrected chi connectivity index (χ3v) is 8.53. The Kier molecular flexibility index (Phi) is 7.00. The van der Waals surface area contributed by atoms with Crippen LogP contribution in [0.5, 0.6) is 0 Å². The molecule has 0 nitrogen and oxygen atoms in total. The van der Waals surface area contributed by atoms with Gasteiger partial charge in [-0.1, -0.05) is 84.0 Å². The molecule has 0 aliphatic heterocycles. The summed E-state index contributed by atoms with van der Waals surface area (Å²) in [5.74, 6) is 2.37. The second kappa shape index (κ2) is 10.5. The Labute approximate surface area is 240 Å². The number of allylic oxidation sites excluding steroid dienone is 4. The van der Waals surface area contributed by atoms with Crippen LogP contribution in [0.15, 0.2) is 109 Å². The summed E-state index contributed by atoms with van der Waals surface area (Å²) >= 11 is 0. The van der Waals surface area contributed by atoms with Crippen LogP contribution in [-0.4, -0.2) is 0 Å². The van der Waals surface area contributed by atoms with Crippen LogP contribution < -0.4 is 0 Å². The van der Waals surface area contributed by atoms with E-state index in [2.05, 4.69) is 121 Å². The molecule has 4 aromatic rings. The van der Waals surface area contributed by atoms with Gasteiger partial charge in [-0.3, -0.25) is 0 Å². The van der Waals surface area contributed by atoms with E-state index < -0.39 is 0 Å². The first-order valence-corrected chi connectivity index (χ1v) is 13.4. The molecular weight excluding hydrogens is 524 g/mol. The van der Waals surface area contributed by atoms with E-state index in [4.69, 9.17) is 0 Å². The normalized spacial score (nSPS) is 23.4. The number of hydrogen-bond donors (Lipinski definition) is 0. The number of fused-ring (bicyclic) bond motifs is 6. The molecule has 0 N–H and O–H groups in total. The SMILES string of the molecule is [Zr+2].[c-]1cccc2c1C(C1C=CCC1)c1ccccc1-2.[c-]1cccc2c1C(C1C=CCC1)c1ccccc1-2. The van der Waals surface area contributed by atoms with Gasteiger partial charge in [0.05, 0.1) is 0 Å². The van der Waals surface area contributed by atoms with E-state index in [-0.39, 0.29) is 26.2 Å². The molecule has 178 valence electrons. The molecule has 0 radical (unpaired) electrons. The van der Waals surface area contributed by atoms with Crippen LogP contribution in [0.2, 0.25) is 0 Å². The maximum atomic E-state index is 3.49. The fraction of sp³-hybridized carbons (Fsp3) is 0.222. The van der Waals surface area contributed by atoms with Gasteiger partial charge in [0, 0.05) is 0 Å². The Morgan fingerprint density at radius 3 is 1.38 bits per heavy atom. The summed E-state index contributed by atoms with van der Waals surface area (Å²) in [6.07, 6.45) is 14.5. The molecule has 0 bridgehead atoms. The Morgan fingerprint density at radius 2 is 0.946 bits per heavy atom. The van der Waals surface area contributed by atoms with Gasteiger partial charge in [-0.25, -0.2) is 0 Å². The minimum Gasteiger partial charge on any atom is -0.179 e. The first-order chi connectivity index (χ1) is 17.9. The van der Waals surface area contributed by atoms with Gasteiger partial charge in [0.2, 0.25) is 0 Å². The molecule has 4 aliphatic carbocycles. The largest absolute Gasteiger partial charge is 2.00 e. The minimum atomic E-state index is 0. The maximum absolute atomic E-state index is 3.49. The van der Waals surface area contributed by atoms with Crippen molar-refractivity contribution in [3.8, 4) is 22.3 Å². The summed E-state index contributed by atoms with van der Waals surface area (Å²) in [5, 5.41) is 0. The molecule has 1 heteroatoms. The van der Waals surface area contributed by atoms with E-state index in [1.165, 1.54) is 70.2 Å². The average molecular weight is 554 g/mol. The Balaban J connectivity index is 0.000000133. The molecule has 37 heavy (non-hydrogen) atoms. The zero-order valence-electron chi connectivity index (χ0n) is 21.0. The molecule has 0 amide bonds. The summed E-state index contributed by atoms with van der Waals surface area (Å²) in [6, 6.07) is 37.5. The van der Waals surface area contributed by atoms with Crippen LogP contribution in [0.25, 0.3) is 22.3 Å². The molecule has 8 rings (SSSR count). The van der Waals surface area contributed by atoms with Crippen molar-refractivity contribution >= 4 is 0 Å². The topological polar surface area (TPSA) is 0 Å². The molecule has 0 spiro atoms. The van der Waals surface area contributed by atoms with Crippen molar-refractivity contribution in [2.24, 2.45) is 11.8 Å². The first kappa shape index (κ1) is 24.6. The minimum absolute atomic E-state index is 0. The van der Waals surface area contributed by atoms with Crippen molar-refractivity contribution in [1.82, 2.24) is 0 Å². The molecule has 0 heterocycles. The first-order valence-electron chi connectivity index (χ1n) is 13.4. The smallest absolute Gasteiger partial charge is 0.179 e. The Morgan fingerprint density at radius 1 is 0.514 bits per heavy atom. The van der Waals surface area contributed by atoms with Crippen molar-refractivity contribution in [3.63, 3.8) is 0 Å². The van der Waals surface area contributed by atoms with Gasteiger partial charge in [0.15, 0.2) is 0 Å². The third-order valence-electron chi connectivity index (χ3n) is 8.53. The molecule has 0 aromatic heterocycles. The third kappa shape index (κ3) is 4.26. The Hall–Kier alpha value is -2.76. The summed E-state index contributed by atoms with van der Waals surface area (Å²) in [7, 11) is 0. The van der Waals surface area contributed by atoms with E-state index in [9.17, 15) is 0 Å². The summed E-state index contributed by atoms with van der Waals surface area (Å²) < 4.78 is 0. The number of rotatable bonds is 2. The van der Waals surface area contributed by atoms with Crippen LogP contribution in [0.4, 0.5) is 0 Å². The van der Waals surface area contributed by atoms with Crippen LogP contribution in [-0.2, 0) is 26.2 Å². The van der Waals surface area contributed by atoms with E-state index in [0.717, 1.165) is 0 Å². The zero-order chi connectivity index (χ0) is 23.9. The molecule has 0 saturated carbocycles. The summed E-state index contributed by atoms with van der Waals surface area (Å²) in [5.41, 5.74) is 11.4. The summed E-state index contributed by atoms with van der Waals surface area (Å²) in [6.45, 7) is 0. The van der Waals surface area contributed by atoms with Gasteiger partial charge in [-0.15, -0.1) is 22.3 Å². The van der Waals surface area contributed by atoms with Crippen molar-refractivity contribution in [2.75, 3.05) is 0 Å². The van der Waals surface area contributed by atoms with E-state index in [1.54, 1.807) is 0 Å². The quantitative estimate of drug-likeness (QED) is 0.171. The number of benzene rings is 4. The molecular formula is C36H30Zr. The van der Waals surface area contributed by atoms with E-state index in [0.29, 0.717) is 23.7 Å². The van der Waals surface area contributed by atoms with Crippen molar-refractivity contribution in [1.29, 1.82) is 0 Å². The standard InChI is InChI=1S/2C18H15.Zr/c2*1-2-8-13(7-1)18-16-11-5-3-9-14(16)15-10-4-6-12-17(15)18;/h2*1,3-7,9-11,13,18H,2,8H2;/q2*-1;+2. The number of hydrogen-bond acceptors (Lipinski definition) is 0. The van der Waals surface area contributed by atoms with Crippen molar-refractivity contribution < 1.29 is 26.2 Å². The predicted molar refractivity (Wildman–Crippen MR) is 149 cm³/mol. The fourth-order valence-electron chi connectivity index (χ4n) is 6.98. The summed E-state index contributed by atoms with van der Waals surface area (Å²) in [4.78, 5) is 0. The molecule has 0 fully saturated rings. The van der Waals surface area contributed by atoms with Gasteiger partial charge in [-0.05, 0) is 60.5 Å². The van der Waals surface area contributed by atoms with Gasteiger partial charge >= 0.3 is 26.2 Å². The van der Waals surface area contributed by atoms with E-state index >= 15 is 0 Å². The Bertz CT molecular complexity index is 1270. The van der Waals surface area contributed by atoms with Crippen LogP contribution >= 0.6 is 0 Å². The fourth-order valence-corrected chi connectivity index (χ4v) is 6.98.